The lowest BCUT2D eigenvalue weighted by Crippen LogP contribution is -2.20. The average Bonchev–Trinajstić information content (AvgIpc) is 3.05. The van der Waals surface area contributed by atoms with Crippen LogP contribution in [0, 0.1) is 0 Å². The molecule has 0 spiro atoms. The number of fused-ring (bicyclic) bond motifs is 1. The van der Waals surface area contributed by atoms with Gasteiger partial charge in [-0.1, -0.05) is 36.4 Å². The normalized spacial score (nSPS) is 12.3. The highest BCUT2D eigenvalue weighted by molar-refractivity contribution is 6.41. The molecule has 4 rings (SSSR count). The molecular weight excluding hydrogens is 406 g/mol. The molecule has 0 aliphatic heterocycles. The van der Waals surface area contributed by atoms with Crippen molar-refractivity contribution in [3.05, 3.63) is 95.1 Å². The van der Waals surface area contributed by atoms with Crippen LogP contribution in [0.1, 0.15) is 33.2 Å². The van der Waals surface area contributed by atoms with Gasteiger partial charge in [0.25, 0.3) is 5.91 Å². The van der Waals surface area contributed by atoms with E-state index >= 15 is 0 Å². The lowest BCUT2D eigenvalue weighted by molar-refractivity contribution is -0.118. The first-order chi connectivity index (χ1) is 15.5. The number of carbonyl (C=O) groups excluding carboxylic acids is 3. The first-order valence-corrected chi connectivity index (χ1v) is 10.2. The molecule has 0 unspecified atom stereocenters. The number of allylic oxidation sites excluding steroid dienone is 1. The maximum absolute atomic E-state index is 12.6. The summed E-state index contributed by atoms with van der Waals surface area (Å²) in [5, 5.41) is 2.76. The molecular formula is C26H21NO5. The summed E-state index contributed by atoms with van der Waals surface area (Å²) in [7, 11) is 0. The Balaban J connectivity index is 1.39. The second kappa shape index (κ2) is 9.31. The molecule has 6 heteroatoms. The number of rotatable bonds is 7. The largest absolute Gasteiger partial charge is 0.494 e. The minimum absolute atomic E-state index is 0.122. The molecule has 1 aliphatic rings. The number of hydrogen-bond donors (Lipinski definition) is 1. The van der Waals surface area contributed by atoms with Gasteiger partial charge in [-0.2, -0.15) is 0 Å². The molecule has 3 aromatic carbocycles. The molecule has 0 aromatic heterocycles. The zero-order valence-corrected chi connectivity index (χ0v) is 17.5. The molecule has 1 aliphatic carbocycles. The maximum atomic E-state index is 12.6. The van der Waals surface area contributed by atoms with Crippen molar-refractivity contribution in [3.63, 3.8) is 0 Å². The highest BCUT2D eigenvalue weighted by atomic mass is 16.5. The number of carbonyl (C=O) groups is 3. The fraction of sp³-hybridized carbons (Fsp3) is 0.115. The van der Waals surface area contributed by atoms with Crippen LogP contribution in [-0.2, 0) is 4.79 Å². The van der Waals surface area contributed by atoms with Crippen LogP contribution in [-0.4, -0.2) is 30.7 Å². The lowest BCUT2D eigenvalue weighted by Gasteiger charge is -2.09. The Kier molecular flexibility index (Phi) is 6.12. The van der Waals surface area contributed by atoms with E-state index < -0.39 is 0 Å². The minimum atomic E-state index is -0.311. The van der Waals surface area contributed by atoms with Gasteiger partial charge in [0.1, 0.15) is 11.5 Å². The number of anilines is 1. The SMILES string of the molecule is CCOc1ccc(NC(=O)COc2cccc(C=C3C(=O)c4ccccc4C3=O)c2)cc1. The summed E-state index contributed by atoms with van der Waals surface area (Å²) in [6, 6.07) is 20.7. The molecule has 0 saturated heterocycles. The van der Waals surface area contributed by atoms with Gasteiger partial charge >= 0.3 is 0 Å². The Hall–Kier alpha value is -4.19. The highest BCUT2D eigenvalue weighted by Gasteiger charge is 2.32. The summed E-state index contributed by atoms with van der Waals surface area (Å²) < 4.78 is 11.0. The Bertz CT molecular complexity index is 1170. The summed E-state index contributed by atoms with van der Waals surface area (Å²) in [4.78, 5) is 37.3. The van der Waals surface area contributed by atoms with Gasteiger partial charge in [-0.3, -0.25) is 14.4 Å². The first kappa shape index (κ1) is 21.1. The van der Waals surface area contributed by atoms with E-state index in [4.69, 9.17) is 9.47 Å². The van der Waals surface area contributed by atoms with Gasteiger partial charge in [0.15, 0.2) is 18.2 Å². The van der Waals surface area contributed by atoms with E-state index in [1.165, 1.54) is 0 Å². The van der Waals surface area contributed by atoms with Crippen molar-refractivity contribution in [1.82, 2.24) is 0 Å². The summed E-state index contributed by atoms with van der Waals surface area (Å²) in [5.41, 5.74) is 2.23. The quantitative estimate of drug-likeness (QED) is 0.441. The van der Waals surface area contributed by atoms with Crippen molar-refractivity contribution in [1.29, 1.82) is 0 Å². The molecule has 0 atom stereocenters. The number of hydrogen-bond acceptors (Lipinski definition) is 5. The van der Waals surface area contributed by atoms with Crippen LogP contribution in [0.5, 0.6) is 11.5 Å². The zero-order valence-electron chi connectivity index (χ0n) is 17.5. The third kappa shape index (κ3) is 4.59. The number of Topliss-reactive ketones (excluding diaryl/α,β-unsaturated/α-hetero) is 2. The fourth-order valence-electron chi connectivity index (χ4n) is 3.41. The smallest absolute Gasteiger partial charge is 0.262 e. The molecule has 6 nitrogen and oxygen atoms in total. The van der Waals surface area contributed by atoms with E-state index in [1.54, 1.807) is 78.9 Å². The highest BCUT2D eigenvalue weighted by Crippen LogP contribution is 2.28. The van der Waals surface area contributed by atoms with Crippen LogP contribution < -0.4 is 14.8 Å². The van der Waals surface area contributed by atoms with Crippen molar-refractivity contribution < 1.29 is 23.9 Å². The van der Waals surface area contributed by atoms with Gasteiger partial charge in [-0.25, -0.2) is 0 Å². The molecule has 0 bridgehead atoms. The van der Waals surface area contributed by atoms with Crippen LogP contribution in [0.2, 0.25) is 0 Å². The van der Waals surface area contributed by atoms with Crippen molar-refractivity contribution in [3.8, 4) is 11.5 Å². The molecule has 160 valence electrons. The Morgan fingerprint density at radius 1 is 0.844 bits per heavy atom. The van der Waals surface area contributed by atoms with Crippen LogP contribution in [0.25, 0.3) is 6.08 Å². The van der Waals surface area contributed by atoms with Crippen molar-refractivity contribution in [2.75, 3.05) is 18.5 Å². The maximum Gasteiger partial charge on any atom is 0.262 e. The molecule has 0 fully saturated rings. The number of amides is 1. The summed E-state index contributed by atoms with van der Waals surface area (Å²) in [6.07, 6.45) is 1.55. The van der Waals surface area contributed by atoms with Crippen molar-refractivity contribution >= 4 is 29.2 Å². The molecule has 1 N–H and O–H groups in total. The van der Waals surface area contributed by atoms with Crippen LogP contribution in [0.3, 0.4) is 0 Å². The van der Waals surface area contributed by atoms with Crippen LogP contribution in [0.4, 0.5) is 5.69 Å². The second-order valence-electron chi connectivity index (χ2n) is 7.13. The monoisotopic (exact) mass is 427 g/mol. The second-order valence-corrected chi connectivity index (χ2v) is 7.13. The van der Waals surface area contributed by atoms with E-state index in [0.717, 1.165) is 5.75 Å². The van der Waals surface area contributed by atoms with E-state index in [0.29, 0.717) is 34.7 Å². The first-order valence-electron chi connectivity index (χ1n) is 10.2. The van der Waals surface area contributed by atoms with E-state index in [9.17, 15) is 14.4 Å². The predicted octanol–water partition coefficient (Wildman–Crippen LogP) is 4.57. The summed E-state index contributed by atoms with van der Waals surface area (Å²) in [6.45, 7) is 2.29. The Morgan fingerprint density at radius 2 is 1.53 bits per heavy atom. The zero-order chi connectivity index (χ0) is 22.5. The van der Waals surface area contributed by atoms with Crippen LogP contribution >= 0.6 is 0 Å². The van der Waals surface area contributed by atoms with Crippen LogP contribution in [0.15, 0.2) is 78.4 Å². The van der Waals surface area contributed by atoms with Gasteiger partial charge in [-0.05, 0) is 55.0 Å². The van der Waals surface area contributed by atoms with Crippen molar-refractivity contribution in [2.24, 2.45) is 0 Å². The topological polar surface area (TPSA) is 81.7 Å². The van der Waals surface area contributed by atoms with E-state index in [-0.39, 0.29) is 29.7 Å². The lowest BCUT2D eigenvalue weighted by atomic mass is 10.1. The number of nitrogens with one attached hydrogen (secondary N) is 1. The number of ether oxygens (including phenoxy) is 2. The molecule has 3 aromatic rings. The molecule has 0 heterocycles. The van der Waals surface area contributed by atoms with E-state index in [1.807, 2.05) is 6.92 Å². The average molecular weight is 427 g/mol. The Labute approximate surface area is 185 Å². The summed E-state index contributed by atoms with van der Waals surface area (Å²) >= 11 is 0. The standard InChI is InChI=1S/C26H21NO5/c1-2-31-19-12-10-18(11-13-19)27-24(28)16-32-20-7-5-6-17(14-20)15-23-25(29)21-8-3-4-9-22(21)26(23)30/h3-15H,2,16H2,1H3,(H,27,28). The van der Waals surface area contributed by atoms with Gasteiger partial charge in [0.2, 0.25) is 0 Å². The fourth-order valence-corrected chi connectivity index (χ4v) is 3.41. The molecule has 32 heavy (non-hydrogen) atoms. The van der Waals surface area contributed by atoms with Gasteiger partial charge < -0.3 is 14.8 Å². The third-order valence-corrected chi connectivity index (χ3v) is 4.89. The third-order valence-electron chi connectivity index (χ3n) is 4.89. The molecule has 0 radical (unpaired) electrons. The van der Waals surface area contributed by atoms with Gasteiger partial charge in [0.05, 0.1) is 12.2 Å². The summed E-state index contributed by atoms with van der Waals surface area (Å²) in [5.74, 6) is 0.305. The van der Waals surface area contributed by atoms with Gasteiger partial charge in [-0.15, -0.1) is 0 Å². The predicted molar refractivity (Wildman–Crippen MR) is 121 cm³/mol. The number of benzene rings is 3. The number of ketones is 2. The Morgan fingerprint density at radius 3 is 2.19 bits per heavy atom. The molecule has 1 amide bonds. The van der Waals surface area contributed by atoms with Gasteiger partial charge in [0, 0.05) is 16.8 Å². The minimum Gasteiger partial charge on any atom is -0.494 e. The molecule has 0 saturated carbocycles. The van der Waals surface area contributed by atoms with Crippen molar-refractivity contribution in [2.45, 2.75) is 6.92 Å². The van der Waals surface area contributed by atoms with E-state index in [2.05, 4.69) is 5.32 Å².